The van der Waals surface area contributed by atoms with Gasteiger partial charge in [-0.25, -0.2) is 0 Å². The fourth-order valence-corrected chi connectivity index (χ4v) is 1.71. The number of allylic oxidation sites excluding steroid dienone is 2. The third kappa shape index (κ3) is 1.51. The average molecular weight is 238 g/mol. The van der Waals surface area contributed by atoms with Crippen LogP contribution >= 0.6 is 11.6 Å². The fourth-order valence-electron chi connectivity index (χ4n) is 1.47. The Bertz CT molecular complexity index is 508. The van der Waals surface area contributed by atoms with Crippen LogP contribution in [-0.4, -0.2) is 23.2 Å². The summed E-state index contributed by atoms with van der Waals surface area (Å²) in [5.41, 5.74) is 0.321. The second-order valence-electron chi connectivity index (χ2n) is 3.13. The first kappa shape index (κ1) is 10.8. The fraction of sp³-hybridized carbons (Fsp3) is 0.182. The molecule has 1 aliphatic carbocycles. The molecule has 0 aliphatic heterocycles. The Labute approximate surface area is 96.9 Å². The molecule has 0 bridgehead atoms. The number of Topliss-reactive ketones (excluding diaryl/α,β-unsaturated/α-hetero) is 2. The van der Waals surface area contributed by atoms with Gasteiger partial charge in [-0.2, -0.15) is 0 Å². The summed E-state index contributed by atoms with van der Waals surface area (Å²) < 4.78 is 5.07. The molecule has 0 amide bonds. The van der Waals surface area contributed by atoms with Crippen molar-refractivity contribution in [2.75, 3.05) is 6.61 Å². The minimum atomic E-state index is -0.443. The molecule has 1 aliphatic rings. The highest BCUT2D eigenvalue weighted by Crippen LogP contribution is 2.27. The molecule has 1 heterocycles. The quantitative estimate of drug-likeness (QED) is 0.789. The Kier molecular flexibility index (Phi) is 2.75. The van der Waals surface area contributed by atoms with Crippen LogP contribution in [0.25, 0.3) is 0 Å². The van der Waals surface area contributed by atoms with Gasteiger partial charge in [0.2, 0.25) is 11.6 Å². The highest BCUT2D eigenvalue weighted by atomic mass is 35.5. The van der Waals surface area contributed by atoms with Gasteiger partial charge in [0.15, 0.2) is 5.76 Å². The lowest BCUT2D eigenvalue weighted by Crippen LogP contribution is -2.22. The predicted molar refractivity (Wildman–Crippen MR) is 57.4 cm³/mol. The smallest absolute Gasteiger partial charge is 0.248 e. The number of rotatable bonds is 2. The maximum atomic E-state index is 11.9. The lowest BCUT2D eigenvalue weighted by molar-refractivity contribution is 0.0882. The van der Waals surface area contributed by atoms with Gasteiger partial charge in [0.1, 0.15) is 10.7 Å². The minimum absolute atomic E-state index is 0.0975. The number of fused-ring (bicyclic) bond motifs is 1. The Morgan fingerprint density at radius 3 is 2.81 bits per heavy atom. The van der Waals surface area contributed by atoms with Crippen molar-refractivity contribution in [3.8, 4) is 0 Å². The molecule has 0 atom stereocenters. The molecule has 0 fully saturated rings. The molecule has 0 radical (unpaired) electrons. The molecule has 0 saturated heterocycles. The number of hydrogen-bond acceptors (Lipinski definition) is 4. The highest BCUT2D eigenvalue weighted by Gasteiger charge is 2.33. The van der Waals surface area contributed by atoms with E-state index in [1.165, 1.54) is 12.3 Å². The van der Waals surface area contributed by atoms with Gasteiger partial charge in [-0.05, 0) is 19.1 Å². The topological polar surface area (TPSA) is 56.3 Å². The zero-order valence-electron chi connectivity index (χ0n) is 8.49. The zero-order valence-corrected chi connectivity index (χ0v) is 9.25. The average Bonchev–Trinajstić information content (AvgIpc) is 2.32. The molecule has 82 valence electrons. The molecule has 5 heteroatoms. The first-order valence-electron chi connectivity index (χ1n) is 4.73. The van der Waals surface area contributed by atoms with E-state index in [1.54, 1.807) is 13.0 Å². The third-order valence-corrected chi connectivity index (χ3v) is 2.50. The number of ketones is 2. The van der Waals surface area contributed by atoms with Crippen LogP contribution in [0.15, 0.2) is 29.1 Å². The van der Waals surface area contributed by atoms with E-state index in [-0.39, 0.29) is 28.7 Å². The van der Waals surface area contributed by atoms with Crippen molar-refractivity contribution in [3.63, 3.8) is 0 Å². The lowest BCUT2D eigenvalue weighted by atomic mass is 9.98. The van der Waals surface area contributed by atoms with E-state index in [4.69, 9.17) is 16.3 Å². The maximum Gasteiger partial charge on any atom is 0.248 e. The van der Waals surface area contributed by atoms with Gasteiger partial charge in [0, 0.05) is 6.20 Å². The van der Waals surface area contributed by atoms with E-state index in [1.807, 2.05) is 0 Å². The molecule has 0 spiro atoms. The van der Waals surface area contributed by atoms with Gasteiger partial charge in [0.05, 0.1) is 12.2 Å². The number of pyridine rings is 1. The Morgan fingerprint density at radius 1 is 1.38 bits per heavy atom. The molecule has 1 aromatic heterocycles. The molecule has 0 N–H and O–H groups in total. The molecule has 16 heavy (non-hydrogen) atoms. The van der Waals surface area contributed by atoms with Gasteiger partial charge in [-0.3, -0.25) is 14.6 Å². The van der Waals surface area contributed by atoms with Crippen molar-refractivity contribution in [2.45, 2.75) is 6.92 Å². The van der Waals surface area contributed by atoms with Gasteiger partial charge in [-0.1, -0.05) is 11.6 Å². The van der Waals surface area contributed by atoms with Crippen LogP contribution in [0, 0.1) is 0 Å². The largest absolute Gasteiger partial charge is 0.488 e. The lowest BCUT2D eigenvalue weighted by Gasteiger charge is -2.16. The van der Waals surface area contributed by atoms with Crippen molar-refractivity contribution < 1.29 is 14.3 Å². The SMILES string of the molecule is CCOC1=C(Cl)C(=O)c2cccnc2C1=O. The van der Waals surface area contributed by atoms with E-state index < -0.39 is 11.6 Å². The predicted octanol–water partition coefficient (Wildman–Crippen LogP) is 1.95. The molecular formula is C11H8ClNO3. The summed E-state index contributed by atoms with van der Waals surface area (Å²) in [7, 11) is 0. The highest BCUT2D eigenvalue weighted by molar-refractivity contribution is 6.49. The van der Waals surface area contributed by atoms with E-state index in [2.05, 4.69) is 4.98 Å². The van der Waals surface area contributed by atoms with Crippen LogP contribution in [0.2, 0.25) is 0 Å². The van der Waals surface area contributed by atoms with Crippen molar-refractivity contribution in [3.05, 3.63) is 40.4 Å². The van der Waals surface area contributed by atoms with Gasteiger partial charge >= 0.3 is 0 Å². The molecule has 1 aromatic rings. The van der Waals surface area contributed by atoms with E-state index >= 15 is 0 Å². The number of ether oxygens (including phenoxy) is 1. The van der Waals surface area contributed by atoms with Crippen LogP contribution in [0.4, 0.5) is 0 Å². The number of aromatic nitrogens is 1. The number of nitrogens with zero attached hydrogens (tertiary/aromatic N) is 1. The van der Waals surface area contributed by atoms with Crippen LogP contribution in [-0.2, 0) is 4.74 Å². The molecule has 0 unspecified atom stereocenters. The second kappa shape index (κ2) is 4.06. The van der Waals surface area contributed by atoms with Crippen molar-refractivity contribution in [2.24, 2.45) is 0 Å². The van der Waals surface area contributed by atoms with Gasteiger partial charge in [-0.15, -0.1) is 0 Å². The summed E-state index contributed by atoms with van der Waals surface area (Å²) in [5.74, 6) is -0.977. The summed E-state index contributed by atoms with van der Waals surface area (Å²) in [6, 6.07) is 3.10. The first-order chi connectivity index (χ1) is 7.66. The van der Waals surface area contributed by atoms with Crippen LogP contribution < -0.4 is 0 Å². The molecule has 0 aromatic carbocycles. The van der Waals surface area contributed by atoms with Crippen LogP contribution in [0.3, 0.4) is 0 Å². The van der Waals surface area contributed by atoms with Gasteiger partial charge < -0.3 is 4.74 Å². The normalized spacial score (nSPS) is 15.1. The van der Waals surface area contributed by atoms with Crippen molar-refractivity contribution >= 4 is 23.2 Å². The Morgan fingerprint density at radius 2 is 2.12 bits per heavy atom. The molecule has 0 saturated carbocycles. The summed E-state index contributed by atoms with van der Waals surface area (Å²) in [5, 5.41) is -0.174. The summed E-state index contributed by atoms with van der Waals surface area (Å²) in [6.45, 7) is 1.98. The van der Waals surface area contributed by atoms with E-state index in [0.29, 0.717) is 0 Å². The standard InChI is InChI=1S/C11H8ClNO3/c1-2-16-11-7(12)9(14)6-4-3-5-13-8(6)10(11)15/h3-5H,2H2,1H3. The Hall–Kier alpha value is -1.68. The van der Waals surface area contributed by atoms with Crippen LogP contribution in [0.1, 0.15) is 27.8 Å². The van der Waals surface area contributed by atoms with Crippen LogP contribution in [0.5, 0.6) is 0 Å². The third-order valence-electron chi connectivity index (χ3n) is 2.16. The number of carbonyl (C=O) groups is 2. The molecule has 2 rings (SSSR count). The summed E-state index contributed by atoms with van der Waals surface area (Å²) in [4.78, 5) is 27.5. The zero-order chi connectivity index (χ0) is 11.7. The number of carbonyl (C=O) groups excluding carboxylic acids is 2. The maximum absolute atomic E-state index is 11.9. The van der Waals surface area contributed by atoms with E-state index in [9.17, 15) is 9.59 Å². The van der Waals surface area contributed by atoms with Gasteiger partial charge in [0.25, 0.3) is 0 Å². The number of hydrogen-bond donors (Lipinski definition) is 0. The molecule has 4 nitrogen and oxygen atoms in total. The summed E-state index contributed by atoms with van der Waals surface area (Å²) >= 11 is 5.79. The number of halogens is 1. The van der Waals surface area contributed by atoms with Crippen molar-refractivity contribution in [1.82, 2.24) is 4.98 Å². The summed E-state index contributed by atoms with van der Waals surface area (Å²) in [6.07, 6.45) is 1.45. The Balaban J connectivity index is 2.58. The second-order valence-corrected chi connectivity index (χ2v) is 3.51. The minimum Gasteiger partial charge on any atom is -0.488 e. The van der Waals surface area contributed by atoms with E-state index in [0.717, 1.165) is 0 Å². The van der Waals surface area contributed by atoms with Crippen molar-refractivity contribution in [1.29, 1.82) is 0 Å². The first-order valence-corrected chi connectivity index (χ1v) is 5.11. The molecular weight excluding hydrogens is 230 g/mol. The monoisotopic (exact) mass is 237 g/mol.